The van der Waals surface area contributed by atoms with Gasteiger partial charge in [-0.25, -0.2) is 4.79 Å². The van der Waals surface area contributed by atoms with Crippen molar-refractivity contribution in [1.29, 1.82) is 0 Å². The zero-order valence-electron chi connectivity index (χ0n) is 12.2. The molecule has 0 unspecified atom stereocenters. The van der Waals surface area contributed by atoms with Crippen LogP contribution < -0.4 is 0 Å². The highest BCUT2D eigenvalue weighted by Gasteiger charge is 2.39. The maximum Gasteiger partial charge on any atom is 0.373 e. The van der Waals surface area contributed by atoms with Crippen LogP contribution in [0.2, 0.25) is 0 Å². The second-order valence-electron chi connectivity index (χ2n) is 5.60. The highest BCUT2D eigenvalue weighted by atomic mass is 32.1. The fraction of sp³-hybridized carbons (Fsp3) is 0.235. The SMILES string of the molecule is O=C(ON1C(=O)c2ccccc2C1=O)c1cc2c(s1)CCCC2. The van der Waals surface area contributed by atoms with E-state index in [2.05, 4.69) is 0 Å². The Hall–Kier alpha value is -2.47. The number of imide groups is 1. The molecule has 1 aromatic carbocycles. The van der Waals surface area contributed by atoms with Gasteiger partial charge in [0.05, 0.1) is 11.1 Å². The van der Waals surface area contributed by atoms with Crippen molar-refractivity contribution in [3.05, 3.63) is 56.8 Å². The van der Waals surface area contributed by atoms with Crippen LogP contribution in [0.5, 0.6) is 0 Å². The molecule has 0 radical (unpaired) electrons. The molecule has 23 heavy (non-hydrogen) atoms. The number of hydroxylamine groups is 2. The first-order valence-corrected chi connectivity index (χ1v) is 8.28. The van der Waals surface area contributed by atoms with Gasteiger partial charge < -0.3 is 4.84 Å². The van der Waals surface area contributed by atoms with Gasteiger partial charge >= 0.3 is 5.97 Å². The Morgan fingerprint density at radius 3 is 2.35 bits per heavy atom. The van der Waals surface area contributed by atoms with E-state index in [4.69, 9.17) is 4.84 Å². The molecule has 0 atom stereocenters. The van der Waals surface area contributed by atoms with Crippen molar-refractivity contribution in [2.24, 2.45) is 0 Å². The molecule has 2 amide bonds. The fourth-order valence-corrected chi connectivity index (χ4v) is 4.09. The molecule has 4 rings (SSSR count). The zero-order valence-corrected chi connectivity index (χ0v) is 13.0. The maximum absolute atomic E-state index is 12.3. The molecular formula is C17H13NO4S. The van der Waals surface area contributed by atoms with E-state index in [1.54, 1.807) is 24.3 Å². The standard InChI is InChI=1S/C17H13NO4S/c19-15-11-6-2-3-7-12(11)16(20)18(15)22-17(21)14-9-10-5-1-4-8-13(10)23-14/h2-3,6-7,9H,1,4-5,8H2. The van der Waals surface area contributed by atoms with Gasteiger partial charge in [-0.05, 0) is 49.4 Å². The molecule has 1 aromatic heterocycles. The highest BCUT2D eigenvalue weighted by Crippen LogP contribution is 2.31. The predicted molar refractivity (Wildman–Crippen MR) is 83.3 cm³/mol. The lowest BCUT2D eigenvalue weighted by molar-refractivity contribution is -0.0581. The number of carbonyl (C=O) groups excluding carboxylic acids is 3. The van der Waals surface area contributed by atoms with Gasteiger partial charge in [0.2, 0.25) is 0 Å². The lowest BCUT2D eigenvalue weighted by Crippen LogP contribution is -2.32. The minimum absolute atomic E-state index is 0.260. The number of carbonyl (C=O) groups is 3. The van der Waals surface area contributed by atoms with Crippen molar-refractivity contribution >= 4 is 29.1 Å². The Bertz CT molecular complexity index is 780. The highest BCUT2D eigenvalue weighted by molar-refractivity contribution is 7.14. The molecule has 0 fully saturated rings. The molecule has 1 aliphatic heterocycles. The van der Waals surface area contributed by atoms with Gasteiger partial charge in [-0.2, -0.15) is 0 Å². The molecule has 2 aliphatic rings. The van der Waals surface area contributed by atoms with Crippen LogP contribution in [0.25, 0.3) is 0 Å². The lowest BCUT2D eigenvalue weighted by Gasteiger charge is -2.11. The van der Waals surface area contributed by atoms with E-state index >= 15 is 0 Å². The molecule has 0 saturated heterocycles. The van der Waals surface area contributed by atoms with E-state index in [9.17, 15) is 14.4 Å². The molecule has 0 saturated carbocycles. The zero-order chi connectivity index (χ0) is 16.0. The largest absolute Gasteiger partial charge is 0.373 e. The summed E-state index contributed by atoms with van der Waals surface area (Å²) in [6, 6.07) is 8.26. The molecule has 2 heterocycles. The number of nitrogens with zero attached hydrogens (tertiary/aromatic N) is 1. The van der Waals surface area contributed by atoms with Gasteiger partial charge in [0.15, 0.2) is 0 Å². The Kier molecular flexibility index (Phi) is 3.27. The van der Waals surface area contributed by atoms with E-state index in [0.29, 0.717) is 9.94 Å². The van der Waals surface area contributed by atoms with Gasteiger partial charge in [0.1, 0.15) is 4.88 Å². The first kappa shape index (κ1) is 14.1. The van der Waals surface area contributed by atoms with Crippen LogP contribution in [0, 0.1) is 0 Å². The molecule has 116 valence electrons. The topological polar surface area (TPSA) is 63.7 Å². The molecule has 0 bridgehead atoms. The number of thiophene rings is 1. The fourth-order valence-electron chi connectivity index (χ4n) is 2.97. The third-order valence-corrected chi connectivity index (χ3v) is 5.35. The van der Waals surface area contributed by atoms with Crippen molar-refractivity contribution in [2.45, 2.75) is 25.7 Å². The van der Waals surface area contributed by atoms with Crippen molar-refractivity contribution in [3.63, 3.8) is 0 Å². The minimum atomic E-state index is -0.654. The molecule has 1 aliphatic carbocycles. The minimum Gasteiger partial charge on any atom is -0.323 e. The van der Waals surface area contributed by atoms with Crippen LogP contribution in [-0.4, -0.2) is 22.8 Å². The molecule has 6 heteroatoms. The smallest absolute Gasteiger partial charge is 0.323 e. The first-order chi connectivity index (χ1) is 11.1. The van der Waals surface area contributed by atoms with Crippen LogP contribution in [0.3, 0.4) is 0 Å². The van der Waals surface area contributed by atoms with Crippen molar-refractivity contribution in [1.82, 2.24) is 5.06 Å². The predicted octanol–water partition coefficient (Wildman–Crippen LogP) is 2.99. The lowest BCUT2D eigenvalue weighted by atomic mass is 9.99. The number of fused-ring (bicyclic) bond motifs is 2. The summed E-state index contributed by atoms with van der Waals surface area (Å²) in [5.41, 5.74) is 1.70. The van der Waals surface area contributed by atoms with E-state index in [1.807, 2.05) is 6.07 Å². The Morgan fingerprint density at radius 2 is 1.70 bits per heavy atom. The molecular weight excluding hydrogens is 314 g/mol. The van der Waals surface area contributed by atoms with Crippen molar-refractivity contribution in [2.75, 3.05) is 0 Å². The van der Waals surface area contributed by atoms with E-state index in [1.165, 1.54) is 21.8 Å². The Morgan fingerprint density at radius 1 is 1.04 bits per heavy atom. The van der Waals surface area contributed by atoms with E-state index < -0.39 is 17.8 Å². The van der Waals surface area contributed by atoms with Gasteiger partial charge in [-0.3, -0.25) is 9.59 Å². The average molecular weight is 327 g/mol. The second kappa shape index (κ2) is 5.31. The Labute approximate surface area is 136 Å². The molecule has 5 nitrogen and oxygen atoms in total. The van der Waals surface area contributed by atoms with Crippen LogP contribution >= 0.6 is 11.3 Å². The van der Waals surface area contributed by atoms with Crippen LogP contribution in [0.1, 0.15) is 53.7 Å². The normalized spacial score (nSPS) is 16.3. The van der Waals surface area contributed by atoms with E-state index in [0.717, 1.165) is 25.7 Å². The van der Waals surface area contributed by atoms with Gasteiger partial charge in [0.25, 0.3) is 11.8 Å². The van der Waals surface area contributed by atoms with Gasteiger partial charge in [0, 0.05) is 4.88 Å². The third-order valence-electron chi connectivity index (χ3n) is 4.13. The van der Waals surface area contributed by atoms with Gasteiger partial charge in [-0.15, -0.1) is 11.3 Å². The summed E-state index contributed by atoms with van der Waals surface area (Å²) < 4.78 is 0. The summed E-state index contributed by atoms with van der Waals surface area (Å²) >= 11 is 1.39. The first-order valence-electron chi connectivity index (χ1n) is 7.47. The number of rotatable bonds is 2. The maximum atomic E-state index is 12.3. The third kappa shape index (κ3) is 2.26. The number of hydrogen-bond acceptors (Lipinski definition) is 5. The summed E-state index contributed by atoms with van der Waals surface area (Å²) in [7, 11) is 0. The molecule has 2 aromatic rings. The summed E-state index contributed by atoms with van der Waals surface area (Å²) in [6.07, 6.45) is 4.18. The summed E-state index contributed by atoms with van der Waals surface area (Å²) in [5.74, 6) is -1.85. The molecule has 0 spiro atoms. The quantitative estimate of drug-likeness (QED) is 0.796. The van der Waals surface area contributed by atoms with Crippen molar-refractivity contribution < 1.29 is 19.2 Å². The average Bonchev–Trinajstić information content (AvgIpc) is 3.11. The van der Waals surface area contributed by atoms with E-state index in [-0.39, 0.29) is 11.1 Å². The summed E-state index contributed by atoms with van der Waals surface area (Å²) in [5, 5.41) is 0.561. The summed E-state index contributed by atoms with van der Waals surface area (Å²) in [4.78, 5) is 43.4. The summed E-state index contributed by atoms with van der Waals surface area (Å²) in [6.45, 7) is 0. The van der Waals surface area contributed by atoms with Crippen molar-refractivity contribution in [3.8, 4) is 0 Å². The second-order valence-corrected chi connectivity index (χ2v) is 6.73. The number of benzene rings is 1. The van der Waals surface area contributed by atoms with Crippen LogP contribution in [-0.2, 0) is 17.7 Å². The Balaban J connectivity index is 1.57. The number of hydrogen-bond donors (Lipinski definition) is 0. The molecule has 0 N–H and O–H groups in total. The van der Waals surface area contributed by atoms with Crippen LogP contribution in [0.4, 0.5) is 0 Å². The number of amides is 2. The van der Waals surface area contributed by atoms with Gasteiger partial charge in [-0.1, -0.05) is 17.2 Å². The monoisotopic (exact) mass is 327 g/mol. The van der Waals surface area contributed by atoms with Crippen LogP contribution in [0.15, 0.2) is 30.3 Å². The number of aryl methyl sites for hydroxylation is 2.